The third-order valence-corrected chi connectivity index (χ3v) is 1.00. The van der Waals surface area contributed by atoms with Gasteiger partial charge in [-0.2, -0.15) is 0 Å². The summed E-state index contributed by atoms with van der Waals surface area (Å²) in [6.07, 6.45) is 0. The summed E-state index contributed by atoms with van der Waals surface area (Å²) in [4.78, 5) is 19.9. The molecule has 0 aromatic heterocycles. The molecule has 1 rings (SSSR count). The molecular weight excluding hydrogens is 142 g/mol. The fraction of sp³-hybridized carbons (Fsp3) is 0. The molecule has 0 atom stereocenters. The van der Waals surface area contributed by atoms with Gasteiger partial charge in [0.15, 0.2) is 11.4 Å². The van der Waals surface area contributed by atoms with Crippen LogP contribution in [0.15, 0.2) is 11.4 Å². The summed E-state index contributed by atoms with van der Waals surface area (Å²) in [5, 5.41) is 24.8. The molecule has 3 N–H and O–H groups in total. The molecule has 0 saturated heterocycles. The van der Waals surface area contributed by atoms with E-state index >= 15 is 0 Å². The quantitative estimate of drug-likeness (QED) is 0.464. The lowest BCUT2D eigenvalue weighted by molar-refractivity contribution is -0.135. The van der Waals surface area contributed by atoms with E-state index in [4.69, 9.17) is 15.4 Å². The van der Waals surface area contributed by atoms with Gasteiger partial charge in [0.2, 0.25) is 0 Å². The van der Waals surface area contributed by atoms with Crippen LogP contribution in [0.1, 0.15) is 0 Å². The van der Waals surface area contributed by atoms with E-state index in [0.29, 0.717) is 0 Å². The second-order valence-corrected chi connectivity index (χ2v) is 1.62. The van der Waals surface area contributed by atoms with Gasteiger partial charge in [-0.25, -0.2) is 14.7 Å². The Balaban J connectivity index is 2.81. The van der Waals surface area contributed by atoms with Crippen molar-refractivity contribution in [3.63, 3.8) is 0 Å². The Morgan fingerprint density at radius 2 is 1.40 bits per heavy atom. The smallest absolute Gasteiger partial charge is 0.357 e. The summed E-state index contributed by atoms with van der Waals surface area (Å²) >= 11 is 0. The molecule has 1 heterocycles. The third kappa shape index (κ3) is 0.705. The molecule has 10 heavy (non-hydrogen) atoms. The Hall–Kier alpha value is -1.56. The van der Waals surface area contributed by atoms with Crippen LogP contribution in [-0.2, 0) is 9.59 Å². The number of nitrogens with zero attached hydrogens (tertiary/aromatic N) is 1. The Morgan fingerprint density at radius 3 is 1.50 bits per heavy atom. The van der Waals surface area contributed by atoms with Crippen molar-refractivity contribution < 1.29 is 25.0 Å². The van der Waals surface area contributed by atoms with Crippen LogP contribution in [0.5, 0.6) is 0 Å². The van der Waals surface area contributed by atoms with Crippen molar-refractivity contribution >= 4 is 11.9 Å². The zero-order valence-electron chi connectivity index (χ0n) is 4.61. The molecule has 54 valence electrons. The van der Waals surface area contributed by atoms with E-state index < -0.39 is 23.3 Å². The van der Waals surface area contributed by atoms with Gasteiger partial charge in [0.1, 0.15) is 0 Å². The molecule has 0 aromatic carbocycles. The maximum absolute atomic E-state index is 9.96. The Labute approximate surface area is 54.6 Å². The average Bonchev–Trinajstić information content (AvgIpc) is 2.40. The highest BCUT2D eigenvalue weighted by Crippen LogP contribution is 2.28. The van der Waals surface area contributed by atoms with E-state index in [9.17, 15) is 9.59 Å². The number of hydrogen-bond donors (Lipinski definition) is 3. The fourth-order valence-electron chi connectivity index (χ4n) is 0.540. The molecule has 0 saturated carbocycles. The Bertz CT molecular complexity index is 218. The number of carboxylic acid groups (broad SMARTS) is 2. The highest BCUT2D eigenvalue weighted by atomic mass is 16.5. The first kappa shape index (κ1) is 6.56. The standard InChI is InChI=1S/C4H3NO5/c6-3(7)1-2(4(8)9)5(1)10/h10H,(H,6,7)(H,8,9). The molecule has 0 fully saturated rings. The minimum Gasteiger partial charge on any atom is -0.476 e. The lowest BCUT2D eigenvalue weighted by Gasteiger charge is -1.87. The summed E-state index contributed by atoms with van der Waals surface area (Å²) in [6.45, 7) is 0. The minimum absolute atomic E-state index is 0.116. The number of carbonyl (C=O) groups is 2. The van der Waals surface area contributed by atoms with Crippen LogP contribution in [0.25, 0.3) is 0 Å². The maximum Gasteiger partial charge on any atom is 0.357 e. The van der Waals surface area contributed by atoms with Crippen LogP contribution < -0.4 is 0 Å². The van der Waals surface area contributed by atoms with Crippen molar-refractivity contribution in [3.05, 3.63) is 11.4 Å². The monoisotopic (exact) mass is 145 g/mol. The summed E-state index contributed by atoms with van der Waals surface area (Å²) < 4.78 is 0. The van der Waals surface area contributed by atoms with E-state index in [-0.39, 0.29) is 5.06 Å². The van der Waals surface area contributed by atoms with Crippen molar-refractivity contribution in [3.8, 4) is 0 Å². The van der Waals surface area contributed by atoms with Crippen LogP contribution in [0.3, 0.4) is 0 Å². The van der Waals surface area contributed by atoms with Gasteiger partial charge in [-0.05, 0) is 0 Å². The van der Waals surface area contributed by atoms with Gasteiger partial charge >= 0.3 is 11.9 Å². The van der Waals surface area contributed by atoms with Crippen LogP contribution >= 0.6 is 0 Å². The molecule has 0 bridgehead atoms. The van der Waals surface area contributed by atoms with Gasteiger partial charge < -0.3 is 10.2 Å². The zero-order chi connectivity index (χ0) is 7.89. The van der Waals surface area contributed by atoms with Crippen molar-refractivity contribution in [2.75, 3.05) is 0 Å². The van der Waals surface area contributed by atoms with E-state index in [0.717, 1.165) is 0 Å². The normalized spacial score (nSPS) is 15.5. The van der Waals surface area contributed by atoms with Crippen molar-refractivity contribution in [1.29, 1.82) is 0 Å². The summed E-state index contributed by atoms with van der Waals surface area (Å²) in [7, 11) is 0. The first-order valence-corrected chi connectivity index (χ1v) is 2.25. The Morgan fingerprint density at radius 1 is 1.10 bits per heavy atom. The molecule has 0 amide bonds. The number of hydrogen-bond acceptors (Lipinski definition) is 4. The molecule has 0 aromatic rings. The molecule has 6 heteroatoms. The largest absolute Gasteiger partial charge is 0.476 e. The van der Waals surface area contributed by atoms with Crippen LogP contribution in [0, 0.1) is 0 Å². The number of hydroxylamine groups is 2. The highest BCUT2D eigenvalue weighted by molar-refractivity contribution is 6.04. The molecule has 0 aliphatic carbocycles. The minimum atomic E-state index is -1.44. The first-order valence-electron chi connectivity index (χ1n) is 2.25. The molecular formula is C4H3NO5. The Kier molecular flexibility index (Phi) is 1.12. The van der Waals surface area contributed by atoms with Gasteiger partial charge in [0, 0.05) is 0 Å². The third-order valence-electron chi connectivity index (χ3n) is 1.00. The molecule has 0 spiro atoms. The predicted molar refractivity (Wildman–Crippen MR) is 25.9 cm³/mol. The van der Waals surface area contributed by atoms with Crippen molar-refractivity contribution in [2.45, 2.75) is 0 Å². The second kappa shape index (κ2) is 1.71. The van der Waals surface area contributed by atoms with Gasteiger partial charge in [0.05, 0.1) is 0 Å². The molecule has 1 aliphatic rings. The fourth-order valence-corrected chi connectivity index (χ4v) is 0.540. The van der Waals surface area contributed by atoms with E-state index in [1.807, 2.05) is 0 Å². The molecule has 1 aliphatic heterocycles. The zero-order valence-corrected chi connectivity index (χ0v) is 4.61. The van der Waals surface area contributed by atoms with Crippen molar-refractivity contribution in [1.82, 2.24) is 5.06 Å². The topological polar surface area (TPSA) is 97.8 Å². The predicted octanol–water partition coefficient (Wildman–Crippen LogP) is -0.928. The van der Waals surface area contributed by atoms with E-state index in [2.05, 4.69) is 0 Å². The lowest BCUT2D eigenvalue weighted by atomic mass is 10.5. The number of carboxylic acids is 2. The number of rotatable bonds is 2. The van der Waals surface area contributed by atoms with Gasteiger partial charge in [-0.1, -0.05) is 0 Å². The first-order chi connectivity index (χ1) is 4.55. The second-order valence-electron chi connectivity index (χ2n) is 1.62. The van der Waals surface area contributed by atoms with E-state index in [1.165, 1.54) is 0 Å². The summed E-state index contributed by atoms with van der Waals surface area (Å²) in [6, 6.07) is 0. The van der Waals surface area contributed by atoms with Crippen molar-refractivity contribution in [2.24, 2.45) is 0 Å². The van der Waals surface area contributed by atoms with Crippen LogP contribution in [0.4, 0.5) is 0 Å². The van der Waals surface area contributed by atoms with Gasteiger partial charge in [-0.3, -0.25) is 5.21 Å². The van der Waals surface area contributed by atoms with E-state index in [1.54, 1.807) is 0 Å². The summed E-state index contributed by atoms with van der Waals surface area (Å²) in [5.41, 5.74) is -1.15. The molecule has 0 unspecified atom stereocenters. The SMILES string of the molecule is O=C(O)C1=C(C(=O)O)N1O. The molecule has 0 radical (unpaired) electrons. The maximum atomic E-state index is 9.96. The van der Waals surface area contributed by atoms with Gasteiger partial charge in [0.25, 0.3) is 0 Å². The van der Waals surface area contributed by atoms with Crippen LogP contribution in [-0.4, -0.2) is 32.4 Å². The van der Waals surface area contributed by atoms with Crippen LogP contribution in [0.2, 0.25) is 0 Å². The molecule has 6 nitrogen and oxygen atoms in total. The van der Waals surface area contributed by atoms with Gasteiger partial charge in [-0.15, -0.1) is 0 Å². The summed E-state index contributed by atoms with van der Waals surface area (Å²) in [5.74, 6) is -2.89. The highest BCUT2D eigenvalue weighted by Gasteiger charge is 2.43. The lowest BCUT2D eigenvalue weighted by Crippen LogP contribution is -2.02. The number of aliphatic carboxylic acids is 2. The average molecular weight is 145 g/mol.